The molecule has 2 atom stereocenters. The van der Waals surface area contributed by atoms with E-state index in [2.05, 4.69) is 0 Å². The smallest absolute Gasteiger partial charge is 0.165 e. The van der Waals surface area contributed by atoms with Gasteiger partial charge in [0.25, 0.3) is 0 Å². The first kappa shape index (κ1) is 7.45. The molecule has 0 aliphatic heterocycles. The number of halogens is 2. The summed E-state index contributed by atoms with van der Waals surface area (Å²) in [6.45, 7) is 2.91. The van der Waals surface area contributed by atoms with Gasteiger partial charge in [-0.3, -0.25) is 0 Å². The third-order valence-electron chi connectivity index (χ3n) is 1.96. The molecule has 0 amide bonds. The van der Waals surface area contributed by atoms with E-state index in [0.717, 1.165) is 0 Å². The van der Waals surface area contributed by atoms with Crippen LogP contribution < -0.4 is 0 Å². The molecule has 56 valence electrons. The summed E-state index contributed by atoms with van der Waals surface area (Å²) in [5.41, 5.74) is -1.80. The summed E-state index contributed by atoms with van der Waals surface area (Å²) in [6.07, 6.45) is 4.37. The first-order chi connectivity index (χ1) is 4.55. The third kappa shape index (κ3) is 0.981. The molecule has 0 heterocycles. The van der Waals surface area contributed by atoms with Crippen LogP contribution in [0.25, 0.3) is 0 Å². The van der Waals surface area contributed by atoms with Crippen molar-refractivity contribution < 1.29 is 8.78 Å². The maximum Gasteiger partial charge on any atom is 0.165 e. The van der Waals surface area contributed by atoms with Crippen molar-refractivity contribution in [1.29, 1.82) is 0 Å². The summed E-state index contributed by atoms with van der Waals surface area (Å²) in [5.74, 6) is -1.04. The third-order valence-corrected chi connectivity index (χ3v) is 1.96. The summed E-state index contributed by atoms with van der Waals surface area (Å²) in [4.78, 5) is 0. The van der Waals surface area contributed by atoms with Crippen LogP contribution in [0.15, 0.2) is 24.1 Å². The van der Waals surface area contributed by atoms with E-state index >= 15 is 0 Å². The summed E-state index contributed by atoms with van der Waals surface area (Å²) >= 11 is 0. The molecule has 0 aromatic carbocycles. The minimum Gasteiger partial charge on any atom is -0.236 e. The van der Waals surface area contributed by atoms with Gasteiger partial charge in [0, 0.05) is 5.92 Å². The van der Waals surface area contributed by atoms with Gasteiger partial charge in [-0.05, 0) is 13.0 Å². The topological polar surface area (TPSA) is 0 Å². The molecule has 0 nitrogen and oxygen atoms in total. The number of allylic oxidation sites excluding steroid dienone is 4. The summed E-state index contributed by atoms with van der Waals surface area (Å²) in [7, 11) is 0. The number of alkyl halides is 1. The largest absolute Gasteiger partial charge is 0.236 e. The van der Waals surface area contributed by atoms with Crippen LogP contribution in [0.2, 0.25) is 0 Å². The Morgan fingerprint density at radius 2 is 2.20 bits per heavy atom. The zero-order valence-electron chi connectivity index (χ0n) is 6.07. The maximum absolute atomic E-state index is 13.2. The Labute approximate surface area is 59.2 Å². The zero-order chi connectivity index (χ0) is 7.78. The highest BCUT2D eigenvalue weighted by atomic mass is 19.2. The van der Waals surface area contributed by atoms with Gasteiger partial charge in [-0.25, -0.2) is 8.78 Å². The maximum atomic E-state index is 13.2. The van der Waals surface area contributed by atoms with Gasteiger partial charge in [0.1, 0.15) is 5.83 Å². The Morgan fingerprint density at radius 3 is 2.60 bits per heavy atom. The van der Waals surface area contributed by atoms with E-state index in [1.54, 1.807) is 19.1 Å². The fourth-order valence-electron chi connectivity index (χ4n) is 0.868. The number of hydrogen-bond donors (Lipinski definition) is 0. The van der Waals surface area contributed by atoms with Gasteiger partial charge in [0.15, 0.2) is 5.67 Å². The van der Waals surface area contributed by atoms with Gasteiger partial charge in [-0.15, -0.1) is 0 Å². The van der Waals surface area contributed by atoms with Crippen LogP contribution in [0.3, 0.4) is 0 Å². The van der Waals surface area contributed by atoms with Crippen molar-refractivity contribution in [3.63, 3.8) is 0 Å². The van der Waals surface area contributed by atoms with Crippen molar-refractivity contribution in [1.82, 2.24) is 0 Å². The average molecular weight is 144 g/mol. The molecule has 1 aliphatic carbocycles. The quantitative estimate of drug-likeness (QED) is 0.490. The minimum absolute atomic E-state index is 0.363. The van der Waals surface area contributed by atoms with E-state index in [4.69, 9.17) is 0 Å². The van der Waals surface area contributed by atoms with Crippen molar-refractivity contribution in [2.24, 2.45) is 5.92 Å². The molecule has 0 fully saturated rings. The molecule has 0 aromatic heterocycles. The highest BCUT2D eigenvalue weighted by molar-refractivity contribution is 5.24. The molecule has 0 spiro atoms. The Morgan fingerprint density at radius 1 is 1.60 bits per heavy atom. The van der Waals surface area contributed by atoms with Crippen LogP contribution >= 0.6 is 0 Å². The van der Waals surface area contributed by atoms with E-state index in [9.17, 15) is 8.78 Å². The fraction of sp³-hybridized carbons (Fsp3) is 0.500. The Bertz CT molecular complexity index is 189. The lowest BCUT2D eigenvalue weighted by Crippen LogP contribution is -2.28. The summed E-state index contributed by atoms with van der Waals surface area (Å²) < 4.78 is 25.8. The van der Waals surface area contributed by atoms with Gasteiger partial charge < -0.3 is 0 Å². The van der Waals surface area contributed by atoms with E-state index in [-0.39, 0.29) is 5.92 Å². The lowest BCUT2D eigenvalue weighted by atomic mass is 9.88. The monoisotopic (exact) mass is 144 g/mol. The van der Waals surface area contributed by atoms with Crippen LogP contribution in [-0.2, 0) is 0 Å². The second kappa shape index (κ2) is 2.19. The highest BCUT2D eigenvalue weighted by Gasteiger charge is 2.35. The lowest BCUT2D eigenvalue weighted by molar-refractivity contribution is 0.149. The van der Waals surface area contributed by atoms with Crippen molar-refractivity contribution in [2.75, 3.05) is 0 Å². The SMILES string of the molecule is CC1C=CC=C(F)C1(C)F. The number of hydrogen-bond acceptors (Lipinski definition) is 0. The van der Waals surface area contributed by atoms with E-state index in [1.807, 2.05) is 0 Å². The van der Waals surface area contributed by atoms with Gasteiger partial charge >= 0.3 is 0 Å². The molecular weight excluding hydrogens is 134 g/mol. The molecular formula is C8H10F2. The zero-order valence-corrected chi connectivity index (χ0v) is 6.07. The van der Waals surface area contributed by atoms with Gasteiger partial charge in [0.2, 0.25) is 0 Å². The molecule has 2 heteroatoms. The van der Waals surface area contributed by atoms with E-state index < -0.39 is 11.5 Å². The number of rotatable bonds is 0. The molecule has 0 saturated carbocycles. The van der Waals surface area contributed by atoms with E-state index in [0.29, 0.717) is 0 Å². The van der Waals surface area contributed by atoms with Crippen LogP contribution in [0, 0.1) is 5.92 Å². The molecule has 0 N–H and O–H groups in total. The predicted molar refractivity (Wildman–Crippen MR) is 37.0 cm³/mol. The molecule has 0 radical (unpaired) electrons. The van der Waals surface area contributed by atoms with Gasteiger partial charge in [-0.1, -0.05) is 19.1 Å². The molecule has 1 rings (SSSR count). The summed E-state index contributed by atoms with van der Waals surface area (Å²) in [6, 6.07) is 0. The molecule has 0 saturated heterocycles. The Balaban J connectivity index is 2.93. The summed E-state index contributed by atoms with van der Waals surface area (Å²) in [5, 5.41) is 0. The standard InChI is InChI=1S/C8H10F2/c1-6-4-3-5-7(9)8(6,2)10/h3-6H,1-2H3. The normalized spacial score (nSPS) is 39.6. The van der Waals surface area contributed by atoms with Crippen LogP contribution in [0.5, 0.6) is 0 Å². The average Bonchev–Trinajstić information content (AvgIpc) is 1.84. The molecule has 0 bridgehead atoms. The first-order valence-electron chi connectivity index (χ1n) is 3.28. The van der Waals surface area contributed by atoms with Crippen LogP contribution in [-0.4, -0.2) is 5.67 Å². The van der Waals surface area contributed by atoms with Gasteiger partial charge in [0.05, 0.1) is 0 Å². The van der Waals surface area contributed by atoms with Crippen LogP contribution in [0.4, 0.5) is 8.78 Å². The van der Waals surface area contributed by atoms with Crippen molar-refractivity contribution >= 4 is 0 Å². The predicted octanol–water partition coefficient (Wildman–Crippen LogP) is 2.77. The fourth-order valence-corrected chi connectivity index (χ4v) is 0.868. The van der Waals surface area contributed by atoms with Crippen molar-refractivity contribution in [3.05, 3.63) is 24.1 Å². The second-order valence-electron chi connectivity index (χ2n) is 2.76. The molecule has 10 heavy (non-hydrogen) atoms. The van der Waals surface area contributed by atoms with Crippen molar-refractivity contribution in [3.8, 4) is 0 Å². The minimum atomic E-state index is -1.80. The molecule has 1 aliphatic rings. The lowest BCUT2D eigenvalue weighted by Gasteiger charge is -2.25. The highest BCUT2D eigenvalue weighted by Crippen LogP contribution is 2.34. The van der Waals surface area contributed by atoms with Gasteiger partial charge in [-0.2, -0.15) is 0 Å². The van der Waals surface area contributed by atoms with Crippen LogP contribution in [0.1, 0.15) is 13.8 Å². The molecule has 0 aromatic rings. The Hall–Kier alpha value is -0.660. The second-order valence-corrected chi connectivity index (χ2v) is 2.76. The molecule has 2 unspecified atom stereocenters. The first-order valence-corrected chi connectivity index (χ1v) is 3.28. The van der Waals surface area contributed by atoms with Crippen molar-refractivity contribution in [2.45, 2.75) is 19.5 Å². The Kier molecular flexibility index (Phi) is 1.63. The van der Waals surface area contributed by atoms with E-state index in [1.165, 1.54) is 13.0 Å².